The molecule has 0 aliphatic carbocycles. The summed E-state index contributed by atoms with van der Waals surface area (Å²) in [6.45, 7) is 0. The Morgan fingerprint density at radius 2 is 1.67 bits per heavy atom. The zero-order valence-electron chi connectivity index (χ0n) is 15.2. The molecule has 1 aromatic carbocycles. The van der Waals surface area contributed by atoms with E-state index < -0.39 is 11.9 Å². The standard InChI is InChI=1S/C20H19N3O4/c1-22-17(11-12-21-22)14-7-9-15(10-8-14)23-13-5-4-6-16(19(24)26-2)18(23)20(25)27-3/h4-13H,1-3H3. The van der Waals surface area contributed by atoms with Crippen LogP contribution in [0, 0.1) is 0 Å². The Labute approximate surface area is 156 Å². The number of hydrogen-bond donors (Lipinski definition) is 0. The molecule has 0 radical (unpaired) electrons. The first-order valence-electron chi connectivity index (χ1n) is 8.20. The predicted octanol–water partition coefficient (Wildman–Crippen LogP) is 2.58. The summed E-state index contributed by atoms with van der Waals surface area (Å²) in [5.74, 6) is -1.26. The number of aryl methyl sites for hydroxylation is 1. The number of anilines is 1. The Morgan fingerprint density at radius 1 is 0.963 bits per heavy atom. The maximum absolute atomic E-state index is 12.4. The zero-order chi connectivity index (χ0) is 19.4. The monoisotopic (exact) mass is 365 g/mol. The minimum atomic E-state index is -0.637. The predicted molar refractivity (Wildman–Crippen MR) is 100 cm³/mol. The quantitative estimate of drug-likeness (QED) is 0.776. The van der Waals surface area contributed by atoms with E-state index in [1.54, 1.807) is 34.1 Å². The van der Waals surface area contributed by atoms with Gasteiger partial charge in [-0.3, -0.25) is 4.68 Å². The molecule has 7 nitrogen and oxygen atoms in total. The summed E-state index contributed by atoms with van der Waals surface area (Å²) in [6, 6.07) is 9.47. The molecule has 27 heavy (non-hydrogen) atoms. The van der Waals surface area contributed by atoms with Crippen molar-refractivity contribution in [3.05, 3.63) is 72.2 Å². The van der Waals surface area contributed by atoms with Gasteiger partial charge in [-0.25, -0.2) is 9.59 Å². The highest BCUT2D eigenvalue weighted by molar-refractivity contribution is 6.05. The van der Waals surface area contributed by atoms with Crippen LogP contribution < -0.4 is 4.90 Å². The van der Waals surface area contributed by atoms with Gasteiger partial charge in [-0.2, -0.15) is 5.10 Å². The molecule has 0 N–H and O–H groups in total. The molecule has 2 aromatic rings. The Balaban J connectivity index is 2.06. The lowest BCUT2D eigenvalue weighted by Crippen LogP contribution is -2.26. The van der Waals surface area contributed by atoms with E-state index in [2.05, 4.69) is 5.10 Å². The highest BCUT2D eigenvalue weighted by Crippen LogP contribution is 2.28. The summed E-state index contributed by atoms with van der Waals surface area (Å²) >= 11 is 0. The highest BCUT2D eigenvalue weighted by Gasteiger charge is 2.27. The van der Waals surface area contributed by atoms with E-state index in [1.807, 2.05) is 37.4 Å². The zero-order valence-corrected chi connectivity index (χ0v) is 15.2. The van der Waals surface area contributed by atoms with Crippen molar-refractivity contribution in [1.82, 2.24) is 9.78 Å². The molecule has 0 saturated heterocycles. The van der Waals surface area contributed by atoms with Gasteiger partial charge in [-0.15, -0.1) is 0 Å². The van der Waals surface area contributed by atoms with Crippen molar-refractivity contribution < 1.29 is 19.1 Å². The van der Waals surface area contributed by atoms with Crippen molar-refractivity contribution in [2.75, 3.05) is 19.1 Å². The highest BCUT2D eigenvalue weighted by atomic mass is 16.5. The molecule has 0 amide bonds. The van der Waals surface area contributed by atoms with Gasteiger partial charge in [0.15, 0.2) is 0 Å². The minimum absolute atomic E-state index is 0.0858. The van der Waals surface area contributed by atoms with Crippen LogP contribution in [0.2, 0.25) is 0 Å². The topological polar surface area (TPSA) is 73.7 Å². The van der Waals surface area contributed by atoms with Crippen LogP contribution >= 0.6 is 0 Å². The normalized spacial score (nSPS) is 13.5. The van der Waals surface area contributed by atoms with Crippen LogP contribution in [-0.2, 0) is 26.1 Å². The van der Waals surface area contributed by atoms with Crippen molar-refractivity contribution in [1.29, 1.82) is 0 Å². The molecule has 0 saturated carbocycles. The van der Waals surface area contributed by atoms with Crippen molar-refractivity contribution in [2.45, 2.75) is 0 Å². The van der Waals surface area contributed by atoms with Crippen LogP contribution in [-0.4, -0.2) is 35.9 Å². The third-order valence-corrected chi connectivity index (χ3v) is 4.15. The van der Waals surface area contributed by atoms with Crippen LogP contribution in [0.1, 0.15) is 0 Å². The van der Waals surface area contributed by atoms with Crippen LogP contribution in [0.5, 0.6) is 0 Å². The molecule has 0 bridgehead atoms. The lowest BCUT2D eigenvalue weighted by molar-refractivity contribution is -0.139. The molecule has 3 rings (SSSR count). The van der Waals surface area contributed by atoms with Gasteiger partial charge < -0.3 is 14.4 Å². The van der Waals surface area contributed by atoms with E-state index in [0.717, 1.165) is 11.3 Å². The number of nitrogens with zero attached hydrogens (tertiary/aromatic N) is 3. The van der Waals surface area contributed by atoms with E-state index >= 15 is 0 Å². The molecular formula is C20H19N3O4. The number of aromatic nitrogens is 2. The summed E-state index contributed by atoms with van der Waals surface area (Å²) in [5.41, 5.74) is 2.84. The molecule has 1 aromatic heterocycles. The van der Waals surface area contributed by atoms with Crippen molar-refractivity contribution in [2.24, 2.45) is 7.05 Å². The Kier molecular flexibility index (Phi) is 5.21. The van der Waals surface area contributed by atoms with Crippen LogP contribution in [0.4, 0.5) is 5.69 Å². The molecule has 0 unspecified atom stereocenters. The largest absolute Gasteiger partial charge is 0.465 e. The number of methoxy groups -OCH3 is 2. The minimum Gasteiger partial charge on any atom is -0.465 e. The third-order valence-electron chi connectivity index (χ3n) is 4.15. The van der Waals surface area contributed by atoms with E-state index in [9.17, 15) is 9.59 Å². The summed E-state index contributed by atoms with van der Waals surface area (Å²) in [5, 5.41) is 4.17. The van der Waals surface area contributed by atoms with E-state index in [0.29, 0.717) is 5.69 Å². The summed E-state index contributed by atoms with van der Waals surface area (Å²) in [4.78, 5) is 26.2. The molecule has 0 spiro atoms. The molecule has 1 aliphatic heterocycles. The lowest BCUT2D eigenvalue weighted by Gasteiger charge is -2.23. The Morgan fingerprint density at radius 3 is 2.26 bits per heavy atom. The van der Waals surface area contributed by atoms with Crippen molar-refractivity contribution in [3.8, 4) is 11.3 Å². The maximum Gasteiger partial charge on any atom is 0.355 e. The van der Waals surface area contributed by atoms with Gasteiger partial charge in [0.1, 0.15) is 5.70 Å². The smallest absolute Gasteiger partial charge is 0.355 e. The first-order chi connectivity index (χ1) is 13.1. The van der Waals surface area contributed by atoms with Gasteiger partial charge in [-0.1, -0.05) is 18.2 Å². The van der Waals surface area contributed by atoms with Gasteiger partial charge in [0.05, 0.1) is 25.5 Å². The summed E-state index contributed by atoms with van der Waals surface area (Å²) in [6.07, 6.45) is 8.34. The summed E-state index contributed by atoms with van der Waals surface area (Å²) in [7, 11) is 4.41. The van der Waals surface area contributed by atoms with Gasteiger partial charge >= 0.3 is 11.9 Å². The maximum atomic E-state index is 12.4. The van der Waals surface area contributed by atoms with E-state index in [4.69, 9.17) is 9.47 Å². The fourth-order valence-corrected chi connectivity index (χ4v) is 2.82. The molecule has 0 atom stereocenters. The Bertz CT molecular complexity index is 952. The number of carbonyl (C=O) groups excluding carboxylic acids is 2. The fraction of sp³-hybridized carbons (Fsp3) is 0.150. The Hall–Kier alpha value is -3.61. The number of hydrogen-bond acceptors (Lipinski definition) is 6. The van der Waals surface area contributed by atoms with Gasteiger partial charge in [0, 0.05) is 25.1 Å². The number of carbonyl (C=O) groups is 2. The second-order valence-electron chi connectivity index (χ2n) is 5.70. The molecule has 7 heteroatoms. The molecule has 2 heterocycles. The van der Waals surface area contributed by atoms with E-state index in [1.165, 1.54) is 20.3 Å². The number of allylic oxidation sites excluding steroid dienone is 2. The average Bonchev–Trinajstić information content (AvgIpc) is 3.00. The van der Waals surface area contributed by atoms with Crippen LogP contribution in [0.3, 0.4) is 0 Å². The van der Waals surface area contributed by atoms with Gasteiger partial charge in [0.25, 0.3) is 0 Å². The lowest BCUT2D eigenvalue weighted by atomic mass is 10.1. The first-order valence-corrected chi connectivity index (χ1v) is 8.20. The second-order valence-corrected chi connectivity index (χ2v) is 5.70. The number of ether oxygens (including phenoxy) is 2. The van der Waals surface area contributed by atoms with Gasteiger partial charge in [0.2, 0.25) is 0 Å². The first kappa shape index (κ1) is 18.2. The summed E-state index contributed by atoms with van der Waals surface area (Å²) < 4.78 is 11.5. The fourth-order valence-electron chi connectivity index (χ4n) is 2.82. The SMILES string of the molecule is COC(=O)C1=C(C(=O)OC)N(c2ccc(-c3ccnn3C)cc2)C=CC=C1. The average molecular weight is 365 g/mol. The van der Waals surface area contributed by atoms with Gasteiger partial charge in [-0.05, 0) is 35.9 Å². The molecule has 138 valence electrons. The van der Waals surface area contributed by atoms with Crippen LogP contribution in [0.15, 0.2) is 72.2 Å². The number of rotatable bonds is 4. The molecular weight excluding hydrogens is 346 g/mol. The second kappa shape index (κ2) is 7.74. The van der Waals surface area contributed by atoms with E-state index in [-0.39, 0.29) is 11.3 Å². The number of esters is 2. The molecule has 1 aliphatic rings. The molecule has 0 fully saturated rings. The number of benzene rings is 1. The third kappa shape index (κ3) is 3.52. The van der Waals surface area contributed by atoms with Crippen molar-refractivity contribution in [3.63, 3.8) is 0 Å². The van der Waals surface area contributed by atoms with Crippen molar-refractivity contribution >= 4 is 17.6 Å². The van der Waals surface area contributed by atoms with Crippen LogP contribution in [0.25, 0.3) is 11.3 Å².